The van der Waals surface area contributed by atoms with Crippen molar-refractivity contribution in [3.8, 4) is 0 Å². The largest absolute Gasteiger partial charge is 2.00 e. The Labute approximate surface area is 115 Å². The van der Waals surface area contributed by atoms with Gasteiger partial charge in [0, 0.05) is 0 Å². The smallest absolute Gasteiger partial charge is 1.00 e. The van der Waals surface area contributed by atoms with Crippen LogP contribution in [0.25, 0.3) is 0 Å². The van der Waals surface area contributed by atoms with Crippen LogP contribution >= 0.6 is 47.2 Å². The first-order valence-electron chi connectivity index (χ1n) is 2.23. The monoisotopic (exact) mass is 274 g/mol. The van der Waals surface area contributed by atoms with Crippen molar-refractivity contribution >= 4 is 70.3 Å². The van der Waals surface area contributed by atoms with Crippen LogP contribution in [0, 0.1) is 6.07 Å². The number of hydrogen-bond donors (Lipinski definition) is 0. The molecule has 0 saturated heterocycles. The molecule has 0 amide bonds. The molecule has 6 heteroatoms. The fourth-order valence-corrected chi connectivity index (χ4v) is 0.918. The van der Waals surface area contributed by atoms with Gasteiger partial charge in [0.15, 0.2) is 0 Å². The normalized spacial score (nSPS) is 7.25. The standard InChI is InChI=1S/C6H2Cl3.2ClH.Mg/c7-4-2-1-3-5(8)6(4)9;;;/h1-2H;2*1H;/q-1;;;+2/p-1. The molecule has 64 valence electrons. The molecular weight excluding hydrogens is 274 g/mol. The van der Waals surface area contributed by atoms with Gasteiger partial charge in [0.25, 0.3) is 0 Å². The first kappa shape index (κ1) is 19.1. The van der Waals surface area contributed by atoms with Crippen molar-refractivity contribution in [2.24, 2.45) is 0 Å². The molecule has 12 heavy (non-hydrogen) atoms. The molecule has 0 fully saturated rings. The maximum absolute atomic E-state index is 5.58. The van der Waals surface area contributed by atoms with Crippen LogP contribution in [-0.4, -0.2) is 23.1 Å². The van der Waals surface area contributed by atoms with E-state index in [-0.39, 0.29) is 47.9 Å². The van der Waals surface area contributed by atoms with E-state index in [1.807, 2.05) is 0 Å². The third-order valence-corrected chi connectivity index (χ3v) is 2.04. The number of halogens is 5. The summed E-state index contributed by atoms with van der Waals surface area (Å²) >= 11 is 16.7. The molecule has 0 aliphatic heterocycles. The number of rotatable bonds is 0. The molecule has 0 spiro atoms. The van der Waals surface area contributed by atoms with E-state index in [1.165, 1.54) is 0 Å². The van der Waals surface area contributed by atoms with Crippen LogP contribution in [-0.2, 0) is 0 Å². The summed E-state index contributed by atoms with van der Waals surface area (Å²) in [6.07, 6.45) is 0. The second-order valence-corrected chi connectivity index (χ2v) is 2.62. The van der Waals surface area contributed by atoms with Gasteiger partial charge in [0.1, 0.15) is 0 Å². The van der Waals surface area contributed by atoms with E-state index >= 15 is 0 Å². The van der Waals surface area contributed by atoms with Gasteiger partial charge >= 0.3 is 23.1 Å². The Bertz CT molecular complexity index is 207. The molecule has 0 nitrogen and oxygen atoms in total. The van der Waals surface area contributed by atoms with E-state index in [1.54, 1.807) is 12.1 Å². The van der Waals surface area contributed by atoms with Gasteiger partial charge in [-0.25, -0.2) is 0 Å². The van der Waals surface area contributed by atoms with Gasteiger partial charge in [-0.1, -0.05) is 5.02 Å². The maximum Gasteiger partial charge on any atom is 2.00 e. The van der Waals surface area contributed by atoms with E-state index in [2.05, 4.69) is 6.07 Å². The first-order valence-corrected chi connectivity index (χ1v) is 3.36. The maximum atomic E-state index is 5.58. The number of benzene rings is 1. The zero-order chi connectivity index (χ0) is 6.85. The Morgan fingerprint density at radius 2 is 1.67 bits per heavy atom. The van der Waals surface area contributed by atoms with Crippen molar-refractivity contribution in [3.05, 3.63) is 33.3 Å². The van der Waals surface area contributed by atoms with Crippen LogP contribution in [0.1, 0.15) is 0 Å². The summed E-state index contributed by atoms with van der Waals surface area (Å²) in [7, 11) is 0. The molecule has 0 N–H and O–H groups in total. The van der Waals surface area contributed by atoms with Crippen molar-refractivity contribution in [1.29, 1.82) is 0 Å². The predicted octanol–water partition coefficient (Wildman–Crippen LogP) is 0.492. The quantitative estimate of drug-likeness (QED) is 0.368. The molecule has 0 heterocycles. The molecular formula is C6H3Cl5Mg. The second kappa shape index (κ2) is 9.01. The topological polar surface area (TPSA) is 0 Å². The summed E-state index contributed by atoms with van der Waals surface area (Å²) in [5, 5.41) is 1.19. The molecule has 0 atom stereocenters. The SMILES string of the molecule is Cl.Clc1[c-]ccc(Cl)c1Cl.[Cl-].[Mg+2]. The molecule has 0 bridgehead atoms. The van der Waals surface area contributed by atoms with Gasteiger partial charge in [-0.2, -0.15) is 29.8 Å². The molecule has 0 aliphatic rings. The van der Waals surface area contributed by atoms with Gasteiger partial charge in [0.2, 0.25) is 0 Å². The second-order valence-electron chi connectivity index (χ2n) is 1.45. The van der Waals surface area contributed by atoms with Crippen LogP contribution < -0.4 is 12.4 Å². The molecule has 0 aromatic heterocycles. The van der Waals surface area contributed by atoms with Gasteiger partial charge in [-0.05, 0) is 10.0 Å². The molecule has 0 aliphatic carbocycles. The van der Waals surface area contributed by atoms with Crippen LogP contribution in [0.4, 0.5) is 0 Å². The van der Waals surface area contributed by atoms with Crippen LogP contribution in [0.15, 0.2) is 12.1 Å². The zero-order valence-corrected chi connectivity index (χ0v) is 11.0. The van der Waals surface area contributed by atoms with Crippen LogP contribution in [0.2, 0.25) is 15.1 Å². The Hall–Kier alpha value is 1.44. The minimum Gasteiger partial charge on any atom is -1.00 e. The zero-order valence-electron chi connectivity index (χ0n) is 5.78. The van der Waals surface area contributed by atoms with Gasteiger partial charge < -0.3 is 12.4 Å². The Morgan fingerprint density at radius 3 is 2.00 bits per heavy atom. The van der Waals surface area contributed by atoms with E-state index in [9.17, 15) is 0 Å². The first-order chi connectivity index (χ1) is 4.22. The number of hydrogen-bond acceptors (Lipinski definition) is 0. The molecule has 1 aromatic carbocycles. The molecule has 1 rings (SSSR count). The van der Waals surface area contributed by atoms with Gasteiger partial charge in [0.05, 0.1) is 0 Å². The Balaban J connectivity index is -0.000000270. The van der Waals surface area contributed by atoms with Crippen LogP contribution in [0.5, 0.6) is 0 Å². The summed E-state index contributed by atoms with van der Waals surface area (Å²) in [4.78, 5) is 0. The average molecular weight is 277 g/mol. The minimum atomic E-state index is 0. The Morgan fingerprint density at radius 1 is 1.17 bits per heavy atom. The van der Waals surface area contributed by atoms with Gasteiger partial charge in [-0.3, -0.25) is 0 Å². The van der Waals surface area contributed by atoms with E-state index < -0.39 is 0 Å². The third-order valence-electron chi connectivity index (χ3n) is 0.842. The predicted molar refractivity (Wildman–Crippen MR) is 53.3 cm³/mol. The Kier molecular flexibility index (Phi) is 14.3. The summed E-state index contributed by atoms with van der Waals surface area (Å²) < 4.78 is 0. The van der Waals surface area contributed by atoms with Crippen molar-refractivity contribution in [3.63, 3.8) is 0 Å². The molecule has 0 saturated carbocycles. The van der Waals surface area contributed by atoms with Crippen molar-refractivity contribution in [2.75, 3.05) is 0 Å². The fourth-order valence-electron chi connectivity index (χ4n) is 0.429. The van der Waals surface area contributed by atoms with E-state index in [0.29, 0.717) is 15.1 Å². The molecule has 0 unspecified atom stereocenters. The summed E-state index contributed by atoms with van der Waals surface area (Å²) in [6, 6.07) is 5.95. The minimum absolute atomic E-state index is 0. The van der Waals surface area contributed by atoms with Crippen LogP contribution in [0.3, 0.4) is 0 Å². The van der Waals surface area contributed by atoms with Crippen molar-refractivity contribution < 1.29 is 12.4 Å². The average Bonchev–Trinajstić information content (AvgIpc) is 1.83. The molecule has 1 aromatic rings. The van der Waals surface area contributed by atoms with E-state index in [0.717, 1.165) is 0 Å². The van der Waals surface area contributed by atoms with Gasteiger partial charge in [-0.15, -0.1) is 35.6 Å². The van der Waals surface area contributed by atoms with E-state index in [4.69, 9.17) is 34.8 Å². The van der Waals surface area contributed by atoms with Crippen molar-refractivity contribution in [1.82, 2.24) is 0 Å². The summed E-state index contributed by atoms with van der Waals surface area (Å²) in [5.74, 6) is 0. The molecule has 0 radical (unpaired) electrons. The third kappa shape index (κ3) is 5.23. The van der Waals surface area contributed by atoms with Crippen molar-refractivity contribution in [2.45, 2.75) is 0 Å². The fraction of sp³-hybridized carbons (Fsp3) is 0. The summed E-state index contributed by atoms with van der Waals surface area (Å²) in [6.45, 7) is 0. The summed E-state index contributed by atoms with van der Waals surface area (Å²) in [5.41, 5.74) is 0.